The number of ether oxygens (including phenoxy) is 1. The zero-order chi connectivity index (χ0) is 12.9. The zero-order valence-electron chi connectivity index (χ0n) is 10.6. The largest absolute Gasteiger partial charge is 0.465 e. The number of hydrogen-bond donors (Lipinski definition) is 0. The molecule has 0 atom stereocenters. The van der Waals surface area contributed by atoms with Gasteiger partial charge in [0.25, 0.3) is 0 Å². The maximum Gasteiger partial charge on any atom is 0.337 e. The highest BCUT2D eigenvalue weighted by Gasteiger charge is 2.15. The smallest absolute Gasteiger partial charge is 0.337 e. The van der Waals surface area contributed by atoms with E-state index >= 15 is 0 Å². The van der Waals surface area contributed by atoms with Crippen molar-refractivity contribution >= 4 is 17.6 Å². The van der Waals surface area contributed by atoms with Crippen molar-refractivity contribution in [2.75, 3.05) is 33.6 Å². The summed E-state index contributed by atoms with van der Waals surface area (Å²) in [5.74, 6) is 0.346. The average molecular weight is 257 g/mol. The average Bonchev–Trinajstić information content (AvgIpc) is 2.28. The third kappa shape index (κ3) is 4.36. The van der Waals surface area contributed by atoms with Gasteiger partial charge in [0.1, 0.15) is 6.54 Å². The van der Waals surface area contributed by atoms with Gasteiger partial charge in [-0.25, -0.2) is 4.79 Å². The van der Waals surface area contributed by atoms with Crippen LogP contribution in [0, 0.1) is 0 Å². The number of carbonyl (C=O) groups is 1. The van der Waals surface area contributed by atoms with E-state index < -0.39 is 0 Å². The van der Waals surface area contributed by atoms with Crippen LogP contribution in [-0.4, -0.2) is 44.1 Å². The molecule has 17 heavy (non-hydrogen) atoms. The molecule has 0 unspecified atom stereocenters. The first-order chi connectivity index (χ1) is 7.98. The molecule has 3 nitrogen and oxygen atoms in total. The minimum absolute atomic E-state index is 0.300. The molecule has 0 fully saturated rings. The highest BCUT2D eigenvalue weighted by molar-refractivity contribution is 6.17. The molecule has 0 radical (unpaired) electrons. The molecule has 94 valence electrons. The van der Waals surface area contributed by atoms with Crippen LogP contribution in [0.3, 0.4) is 0 Å². The van der Waals surface area contributed by atoms with E-state index in [9.17, 15) is 4.79 Å². The highest BCUT2D eigenvalue weighted by Crippen LogP contribution is 2.11. The van der Waals surface area contributed by atoms with Crippen molar-refractivity contribution in [3.05, 3.63) is 35.4 Å². The van der Waals surface area contributed by atoms with Crippen molar-refractivity contribution in [3.63, 3.8) is 0 Å². The summed E-state index contributed by atoms with van der Waals surface area (Å²) < 4.78 is 5.49. The number of carbonyl (C=O) groups excluding carboxylic acids is 1. The van der Waals surface area contributed by atoms with Crippen molar-refractivity contribution < 1.29 is 14.0 Å². The lowest BCUT2D eigenvalue weighted by molar-refractivity contribution is -0.901. The van der Waals surface area contributed by atoms with Crippen molar-refractivity contribution in [2.24, 2.45) is 0 Å². The standard InChI is InChI=1S/C13H19ClNO2/c1-15(2,9-8-14)10-11-4-6-12(7-5-11)13(16)17-3/h4-7H,8-10H2,1-3H3/q+1. The van der Waals surface area contributed by atoms with Crippen LogP contribution in [0.4, 0.5) is 0 Å². The van der Waals surface area contributed by atoms with Crippen LogP contribution in [0.5, 0.6) is 0 Å². The topological polar surface area (TPSA) is 26.3 Å². The number of hydrogen-bond acceptors (Lipinski definition) is 2. The maximum atomic E-state index is 11.3. The molecule has 0 saturated carbocycles. The Balaban J connectivity index is 2.71. The molecule has 1 aromatic rings. The number of benzene rings is 1. The molecule has 0 amide bonds. The van der Waals surface area contributed by atoms with E-state index in [0.29, 0.717) is 11.4 Å². The number of halogens is 1. The van der Waals surface area contributed by atoms with Gasteiger partial charge in [0.05, 0.1) is 39.2 Å². The number of rotatable bonds is 5. The quantitative estimate of drug-likeness (QED) is 0.459. The lowest BCUT2D eigenvalue weighted by Crippen LogP contribution is -2.40. The van der Waals surface area contributed by atoms with Gasteiger partial charge in [0, 0.05) is 5.56 Å². The van der Waals surface area contributed by atoms with E-state index in [-0.39, 0.29) is 5.97 Å². The molecule has 0 spiro atoms. The molecule has 0 aliphatic heterocycles. The lowest BCUT2D eigenvalue weighted by atomic mass is 10.1. The molecule has 0 heterocycles. The second-order valence-electron chi connectivity index (χ2n) is 4.69. The monoisotopic (exact) mass is 256 g/mol. The Morgan fingerprint density at radius 2 is 1.88 bits per heavy atom. The third-order valence-electron chi connectivity index (χ3n) is 2.68. The first-order valence-electron chi connectivity index (χ1n) is 5.54. The molecule has 0 bridgehead atoms. The van der Waals surface area contributed by atoms with Crippen LogP contribution in [-0.2, 0) is 11.3 Å². The predicted molar refractivity (Wildman–Crippen MR) is 69.2 cm³/mol. The fourth-order valence-electron chi connectivity index (χ4n) is 1.67. The van der Waals surface area contributed by atoms with Crippen molar-refractivity contribution in [2.45, 2.75) is 6.54 Å². The summed E-state index contributed by atoms with van der Waals surface area (Å²) in [6, 6.07) is 7.50. The molecule has 0 saturated heterocycles. The lowest BCUT2D eigenvalue weighted by Gasteiger charge is -2.29. The van der Waals surface area contributed by atoms with Gasteiger partial charge in [-0.3, -0.25) is 0 Å². The number of quaternary nitrogens is 1. The van der Waals surface area contributed by atoms with Gasteiger partial charge in [0.15, 0.2) is 0 Å². The first kappa shape index (κ1) is 14.0. The Bertz CT molecular complexity index is 374. The van der Waals surface area contributed by atoms with Gasteiger partial charge < -0.3 is 9.22 Å². The highest BCUT2D eigenvalue weighted by atomic mass is 35.5. The van der Waals surface area contributed by atoms with Crippen molar-refractivity contribution in [1.29, 1.82) is 0 Å². The molecular weight excluding hydrogens is 238 g/mol. The molecular formula is C13H19ClNO2+. The van der Waals surface area contributed by atoms with Crippen molar-refractivity contribution in [1.82, 2.24) is 0 Å². The van der Waals surface area contributed by atoms with Gasteiger partial charge in [-0.15, -0.1) is 11.6 Å². The van der Waals surface area contributed by atoms with E-state index in [4.69, 9.17) is 11.6 Å². The van der Waals surface area contributed by atoms with Crippen LogP contribution in [0.25, 0.3) is 0 Å². The van der Waals surface area contributed by atoms with Crippen LogP contribution < -0.4 is 0 Å². The van der Waals surface area contributed by atoms with Crippen molar-refractivity contribution in [3.8, 4) is 0 Å². The SMILES string of the molecule is COC(=O)c1ccc(C[N+](C)(C)CCCl)cc1. The van der Waals surface area contributed by atoms with E-state index in [2.05, 4.69) is 18.8 Å². The number of methoxy groups -OCH3 is 1. The summed E-state index contributed by atoms with van der Waals surface area (Å²) >= 11 is 5.76. The fourth-order valence-corrected chi connectivity index (χ4v) is 2.12. The number of esters is 1. The summed E-state index contributed by atoms with van der Waals surface area (Å²) in [7, 11) is 5.66. The zero-order valence-corrected chi connectivity index (χ0v) is 11.3. The van der Waals surface area contributed by atoms with Crippen LogP contribution >= 0.6 is 11.6 Å². The summed E-state index contributed by atoms with van der Waals surface area (Å²) in [4.78, 5) is 11.3. The Hall–Kier alpha value is -1.06. The fraction of sp³-hybridized carbons (Fsp3) is 0.462. The maximum absolute atomic E-state index is 11.3. The molecule has 1 rings (SSSR count). The van der Waals surface area contributed by atoms with Gasteiger partial charge >= 0.3 is 5.97 Å². The van der Waals surface area contributed by atoms with Gasteiger partial charge in [0.2, 0.25) is 0 Å². The Morgan fingerprint density at radius 1 is 1.29 bits per heavy atom. The molecule has 0 aliphatic rings. The summed E-state index contributed by atoms with van der Waals surface area (Å²) in [6.07, 6.45) is 0. The minimum atomic E-state index is -0.300. The predicted octanol–water partition coefficient (Wildman–Crippen LogP) is 2.29. The van der Waals surface area contributed by atoms with Gasteiger partial charge in [-0.2, -0.15) is 0 Å². The molecule has 0 N–H and O–H groups in total. The number of alkyl halides is 1. The third-order valence-corrected chi connectivity index (χ3v) is 2.84. The summed E-state index contributed by atoms with van der Waals surface area (Å²) in [6.45, 7) is 1.81. The van der Waals surface area contributed by atoms with Crippen LogP contribution in [0.1, 0.15) is 15.9 Å². The van der Waals surface area contributed by atoms with Crippen LogP contribution in [0.15, 0.2) is 24.3 Å². The van der Waals surface area contributed by atoms with E-state index in [1.165, 1.54) is 12.7 Å². The second kappa shape index (κ2) is 6.03. The van der Waals surface area contributed by atoms with Crippen LogP contribution in [0.2, 0.25) is 0 Å². The van der Waals surface area contributed by atoms with Gasteiger partial charge in [-0.1, -0.05) is 12.1 Å². The van der Waals surface area contributed by atoms with E-state index in [1.54, 1.807) is 12.1 Å². The minimum Gasteiger partial charge on any atom is -0.465 e. The van der Waals surface area contributed by atoms with E-state index in [1.807, 2.05) is 12.1 Å². The molecule has 0 aliphatic carbocycles. The molecule has 1 aromatic carbocycles. The Kier molecular flexibility index (Phi) is 4.97. The summed E-state index contributed by atoms with van der Waals surface area (Å²) in [5.41, 5.74) is 1.77. The molecule has 0 aromatic heterocycles. The Morgan fingerprint density at radius 3 is 2.35 bits per heavy atom. The van der Waals surface area contributed by atoms with E-state index in [0.717, 1.165) is 17.6 Å². The first-order valence-corrected chi connectivity index (χ1v) is 6.07. The normalized spacial score (nSPS) is 11.3. The Labute approximate surface area is 108 Å². The summed E-state index contributed by atoms with van der Waals surface area (Å²) in [5, 5.41) is 0. The second-order valence-corrected chi connectivity index (χ2v) is 5.07. The number of nitrogens with zero attached hydrogens (tertiary/aromatic N) is 1. The van der Waals surface area contributed by atoms with Gasteiger partial charge in [-0.05, 0) is 12.1 Å². The molecule has 4 heteroatoms.